The Morgan fingerprint density at radius 3 is 2.40 bits per heavy atom. The summed E-state index contributed by atoms with van der Waals surface area (Å²) >= 11 is 0. The number of cyclic esters (lactones) is 1. The third-order valence-corrected chi connectivity index (χ3v) is 3.09. The molecule has 3 heteroatoms. The Morgan fingerprint density at radius 1 is 1.27 bits per heavy atom. The van der Waals surface area contributed by atoms with Gasteiger partial charge in [-0.05, 0) is 20.3 Å². The maximum atomic E-state index is 11.2. The molecule has 1 heterocycles. The van der Waals surface area contributed by atoms with Gasteiger partial charge in [0.25, 0.3) is 0 Å². The van der Waals surface area contributed by atoms with Crippen molar-refractivity contribution in [2.45, 2.75) is 58.7 Å². The van der Waals surface area contributed by atoms with Crippen LogP contribution in [-0.4, -0.2) is 16.9 Å². The summed E-state index contributed by atoms with van der Waals surface area (Å²) in [6.45, 7) is 5.60. The zero-order chi connectivity index (χ0) is 11.5. The Kier molecular flexibility index (Phi) is 3.91. The van der Waals surface area contributed by atoms with Gasteiger partial charge in [0.15, 0.2) is 0 Å². The van der Waals surface area contributed by atoms with Crippen molar-refractivity contribution in [3.63, 3.8) is 0 Å². The second-order valence-electron chi connectivity index (χ2n) is 4.23. The van der Waals surface area contributed by atoms with E-state index in [2.05, 4.69) is 6.92 Å². The molecular weight excluding hydrogens is 192 g/mol. The quantitative estimate of drug-likeness (QED) is 0.562. The molecule has 0 spiro atoms. The van der Waals surface area contributed by atoms with E-state index < -0.39 is 5.79 Å². The van der Waals surface area contributed by atoms with E-state index in [1.54, 1.807) is 13.8 Å². The summed E-state index contributed by atoms with van der Waals surface area (Å²) in [5.41, 5.74) is 1.22. The monoisotopic (exact) mass is 212 g/mol. The van der Waals surface area contributed by atoms with Crippen molar-refractivity contribution in [3.05, 3.63) is 11.1 Å². The minimum atomic E-state index is -1.32. The predicted octanol–water partition coefficient (Wildman–Crippen LogP) is 2.54. The van der Waals surface area contributed by atoms with E-state index in [0.29, 0.717) is 17.6 Å². The summed E-state index contributed by atoms with van der Waals surface area (Å²) in [5, 5.41) is 10.1. The van der Waals surface area contributed by atoms with Crippen molar-refractivity contribution >= 4 is 5.97 Å². The Bertz CT molecular complexity index is 281. The molecule has 0 bridgehead atoms. The molecule has 0 radical (unpaired) electrons. The van der Waals surface area contributed by atoms with Crippen LogP contribution in [0, 0.1) is 0 Å². The van der Waals surface area contributed by atoms with Crippen LogP contribution in [-0.2, 0) is 9.53 Å². The first kappa shape index (κ1) is 12.2. The number of hydrogen-bond donors (Lipinski definition) is 1. The van der Waals surface area contributed by atoms with Crippen molar-refractivity contribution in [1.82, 2.24) is 0 Å². The van der Waals surface area contributed by atoms with Gasteiger partial charge >= 0.3 is 5.97 Å². The van der Waals surface area contributed by atoms with Crippen molar-refractivity contribution in [2.75, 3.05) is 0 Å². The minimum absolute atomic E-state index is 0.384. The third-order valence-electron chi connectivity index (χ3n) is 3.09. The number of ether oxygens (including phenoxy) is 1. The molecule has 0 saturated carbocycles. The molecule has 0 amide bonds. The molecule has 0 saturated heterocycles. The number of aliphatic hydroxyl groups is 1. The van der Waals surface area contributed by atoms with Crippen LogP contribution in [0.25, 0.3) is 0 Å². The maximum absolute atomic E-state index is 11.2. The third kappa shape index (κ3) is 2.59. The van der Waals surface area contributed by atoms with Crippen molar-refractivity contribution in [2.24, 2.45) is 0 Å². The van der Waals surface area contributed by atoms with E-state index in [-0.39, 0.29) is 5.97 Å². The van der Waals surface area contributed by atoms with E-state index in [0.717, 1.165) is 25.7 Å². The van der Waals surface area contributed by atoms with Crippen LogP contribution in [0.3, 0.4) is 0 Å². The van der Waals surface area contributed by atoms with E-state index in [9.17, 15) is 9.90 Å². The summed E-state index contributed by atoms with van der Waals surface area (Å²) in [6, 6.07) is 0. The first-order chi connectivity index (χ1) is 7.01. The molecule has 0 aromatic carbocycles. The first-order valence-electron chi connectivity index (χ1n) is 5.65. The number of esters is 1. The zero-order valence-electron chi connectivity index (χ0n) is 9.80. The molecule has 86 valence electrons. The molecule has 15 heavy (non-hydrogen) atoms. The van der Waals surface area contributed by atoms with Gasteiger partial charge in [0.1, 0.15) is 0 Å². The second-order valence-corrected chi connectivity index (χ2v) is 4.23. The Balaban J connectivity index is 2.51. The zero-order valence-corrected chi connectivity index (χ0v) is 9.80. The van der Waals surface area contributed by atoms with Crippen LogP contribution in [0.1, 0.15) is 52.9 Å². The Morgan fingerprint density at radius 2 is 1.93 bits per heavy atom. The lowest BCUT2D eigenvalue weighted by Gasteiger charge is -2.23. The molecule has 0 fully saturated rings. The van der Waals surface area contributed by atoms with Gasteiger partial charge in [0, 0.05) is 17.6 Å². The Hall–Kier alpha value is -0.830. The number of rotatable bonds is 5. The van der Waals surface area contributed by atoms with Gasteiger partial charge in [0.05, 0.1) is 0 Å². The highest BCUT2D eigenvalue weighted by molar-refractivity contribution is 5.91. The minimum Gasteiger partial charge on any atom is -0.426 e. The lowest BCUT2D eigenvalue weighted by molar-refractivity contribution is -0.183. The fraction of sp³-hybridized carbons (Fsp3) is 0.750. The van der Waals surface area contributed by atoms with Gasteiger partial charge in [-0.3, -0.25) is 0 Å². The summed E-state index contributed by atoms with van der Waals surface area (Å²) < 4.78 is 5.00. The highest BCUT2D eigenvalue weighted by Gasteiger charge is 2.41. The normalized spacial score (nSPS) is 26.0. The Labute approximate surface area is 91.1 Å². The maximum Gasteiger partial charge on any atom is 0.336 e. The molecule has 1 rings (SSSR count). The lowest BCUT2D eigenvalue weighted by atomic mass is 9.99. The number of hydrogen-bond acceptors (Lipinski definition) is 3. The topological polar surface area (TPSA) is 46.5 Å². The highest BCUT2D eigenvalue weighted by Crippen LogP contribution is 2.34. The fourth-order valence-corrected chi connectivity index (χ4v) is 1.78. The standard InChI is InChI=1S/C12H20O3/c1-4-5-6-7-8-12(14)10(3)9(2)11(13)15-12/h14H,4-8H2,1-3H3. The summed E-state index contributed by atoms with van der Waals surface area (Å²) in [7, 11) is 0. The molecule has 1 aliphatic heterocycles. The average Bonchev–Trinajstić information content (AvgIpc) is 2.39. The molecular formula is C12H20O3. The molecule has 1 N–H and O–H groups in total. The van der Waals surface area contributed by atoms with Gasteiger partial charge < -0.3 is 9.84 Å². The molecule has 0 aliphatic carbocycles. The number of unbranched alkanes of at least 4 members (excludes halogenated alkanes) is 3. The van der Waals surface area contributed by atoms with Crippen molar-refractivity contribution < 1.29 is 14.6 Å². The largest absolute Gasteiger partial charge is 0.426 e. The molecule has 3 nitrogen and oxygen atoms in total. The SMILES string of the molecule is CCCCCCC1(O)OC(=O)C(C)=C1C. The lowest BCUT2D eigenvalue weighted by Crippen LogP contribution is -2.30. The highest BCUT2D eigenvalue weighted by atomic mass is 16.7. The van der Waals surface area contributed by atoms with Gasteiger partial charge in [-0.2, -0.15) is 0 Å². The van der Waals surface area contributed by atoms with Gasteiger partial charge in [-0.1, -0.05) is 26.2 Å². The summed E-state index contributed by atoms with van der Waals surface area (Å²) in [6.07, 6.45) is 4.80. The van der Waals surface area contributed by atoms with Gasteiger partial charge in [0.2, 0.25) is 5.79 Å². The molecule has 1 atom stereocenters. The number of carbonyl (C=O) groups is 1. The fourth-order valence-electron chi connectivity index (χ4n) is 1.78. The van der Waals surface area contributed by atoms with Crippen molar-refractivity contribution in [3.8, 4) is 0 Å². The molecule has 1 aliphatic rings. The summed E-state index contributed by atoms with van der Waals surface area (Å²) in [5.74, 6) is -1.71. The van der Waals surface area contributed by atoms with E-state index in [1.807, 2.05) is 0 Å². The molecule has 1 unspecified atom stereocenters. The van der Waals surface area contributed by atoms with E-state index in [4.69, 9.17) is 4.74 Å². The molecule has 0 aromatic heterocycles. The van der Waals surface area contributed by atoms with Crippen LogP contribution in [0.2, 0.25) is 0 Å². The van der Waals surface area contributed by atoms with Gasteiger partial charge in [-0.15, -0.1) is 0 Å². The predicted molar refractivity (Wildman–Crippen MR) is 58.2 cm³/mol. The van der Waals surface area contributed by atoms with E-state index in [1.165, 1.54) is 0 Å². The van der Waals surface area contributed by atoms with E-state index >= 15 is 0 Å². The molecule has 0 aromatic rings. The van der Waals surface area contributed by atoms with Crippen molar-refractivity contribution in [1.29, 1.82) is 0 Å². The average molecular weight is 212 g/mol. The smallest absolute Gasteiger partial charge is 0.336 e. The van der Waals surface area contributed by atoms with Gasteiger partial charge in [-0.25, -0.2) is 4.79 Å². The van der Waals surface area contributed by atoms with Crippen LogP contribution in [0.15, 0.2) is 11.1 Å². The first-order valence-corrected chi connectivity index (χ1v) is 5.65. The van der Waals surface area contributed by atoms with Crippen LogP contribution < -0.4 is 0 Å². The summed E-state index contributed by atoms with van der Waals surface area (Å²) in [4.78, 5) is 11.2. The number of carbonyl (C=O) groups excluding carboxylic acids is 1. The van der Waals surface area contributed by atoms with Crippen LogP contribution >= 0.6 is 0 Å². The van der Waals surface area contributed by atoms with Crippen LogP contribution in [0.4, 0.5) is 0 Å². The second kappa shape index (κ2) is 4.79. The van der Waals surface area contributed by atoms with Crippen LogP contribution in [0.5, 0.6) is 0 Å².